The minimum Gasteiger partial charge on any atom is -0.513 e. The molecule has 6 aromatic heterocycles. The van der Waals surface area contributed by atoms with Gasteiger partial charge in [0.1, 0.15) is 86.0 Å². The average Bonchev–Trinajstić information content (AvgIpc) is 0.780. The molecule has 0 saturated heterocycles. The molecule has 0 atom stereocenters. The molecule has 6 heterocycles. The van der Waals surface area contributed by atoms with E-state index in [2.05, 4.69) is 46.4 Å². The Kier molecular flexibility index (Phi) is 33.5. The first-order chi connectivity index (χ1) is 68.7. The largest absolute Gasteiger partial charge is 0.513 e. The summed E-state index contributed by atoms with van der Waals surface area (Å²) < 4.78 is 51.8. The van der Waals surface area contributed by atoms with Crippen molar-refractivity contribution >= 4 is 161 Å². The summed E-state index contributed by atoms with van der Waals surface area (Å²) in [5, 5.41) is 63.2. The van der Waals surface area contributed by atoms with Crippen molar-refractivity contribution in [2.45, 2.75) is 159 Å². The smallest absolute Gasteiger partial charge is 0.302 e. The number of fused-ring (bicyclic) bond motifs is 12. The Balaban J connectivity index is 0.000000145. The van der Waals surface area contributed by atoms with Crippen LogP contribution in [0.5, 0.6) is 0 Å². The van der Waals surface area contributed by atoms with Crippen molar-refractivity contribution in [3.05, 3.63) is 418 Å². The van der Waals surface area contributed by atoms with E-state index >= 15 is 0 Å². The van der Waals surface area contributed by atoms with Crippen LogP contribution in [0.2, 0.25) is 0 Å². The van der Waals surface area contributed by atoms with E-state index in [1.165, 1.54) is 19.4 Å². The van der Waals surface area contributed by atoms with Crippen molar-refractivity contribution < 1.29 is 85.7 Å². The normalized spacial score (nSPS) is 11.1. The molecule has 0 bridgehead atoms. The first-order valence-corrected chi connectivity index (χ1v) is 47.9. The van der Waals surface area contributed by atoms with Crippen molar-refractivity contribution in [1.82, 2.24) is 0 Å². The first kappa shape index (κ1) is 105. The molecule has 0 aliphatic carbocycles. The van der Waals surface area contributed by atoms with Crippen molar-refractivity contribution in [3.63, 3.8) is 0 Å². The number of rotatable bonds is 25. The number of allylic oxidation sites excluding steroid dienone is 6. The van der Waals surface area contributed by atoms with Gasteiger partial charge in [0.2, 0.25) is 32.6 Å². The zero-order valence-corrected chi connectivity index (χ0v) is 83.2. The van der Waals surface area contributed by atoms with Crippen LogP contribution >= 0.6 is 11.8 Å². The summed E-state index contributed by atoms with van der Waals surface area (Å²) in [6, 6.07) is 53.9. The Hall–Kier alpha value is -16.4. The van der Waals surface area contributed by atoms with Gasteiger partial charge in [0.25, 0.3) is 0 Å². The summed E-state index contributed by atoms with van der Waals surface area (Å²) in [5.41, 5.74) is 21.2. The lowest BCUT2D eigenvalue weighted by atomic mass is 9.98. The van der Waals surface area contributed by atoms with Crippen molar-refractivity contribution in [2.75, 3.05) is 13.4 Å². The van der Waals surface area contributed by atoms with Crippen molar-refractivity contribution in [2.24, 2.45) is 0 Å². The summed E-state index contributed by atoms with van der Waals surface area (Å²) >= 11 is 1.73. The number of hydrogen-bond donors (Lipinski definition) is 6. The third-order valence-electron chi connectivity index (χ3n) is 24.9. The number of hydrogen-bond acceptors (Lipinski definition) is 25. The van der Waals surface area contributed by atoms with E-state index in [0.29, 0.717) is 162 Å². The number of para-hydroxylation sites is 6. The van der Waals surface area contributed by atoms with Crippen LogP contribution in [0.15, 0.2) is 311 Å². The number of ether oxygens (including phenoxy) is 3. The molecule has 0 spiro atoms. The summed E-state index contributed by atoms with van der Waals surface area (Å²) in [6.45, 7) is 39.6. The molecule has 25 heteroatoms. The molecule has 24 nitrogen and oxygen atoms in total. The SMILES string of the molecule is C=C(O)Cc1cccc2c(=O)c3ccc(CCC(C)=O)c(C)c3oc12.C=C(O)Cc1cccc2c(=O)c3ccc(CCC)c(C)c3oc12.C=C(O)Cc1cccc2c(=O)c3ccc(COC(C)=O)c(C)c3oc12.C=C(O)Cc1cccc2c(=O)c3ccc(COC(C)=O)c(C)c3oc12.C=C(O)Cc1cccc2c(=O)c3ccc(COC)c(C)c3oc12.C=C(O)Cc1cccc2c(=O)c3ccc(CSC)c(C)c3oc12. The maximum atomic E-state index is 12.9. The maximum Gasteiger partial charge on any atom is 0.302 e. The highest BCUT2D eigenvalue weighted by Gasteiger charge is 2.24. The summed E-state index contributed by atoms with van der Waals surface area (Å²) in [4.78, 5) is 110. The van der Waals surface area contributed by atoms with Gasteiger partial charge >= 0.3 is 11.9 Å². The maximum absolute atomic E-state index is 12.9. The molecular formula is C119H112O24S. The third-order valence-corrected chi connectivity index (χ3v) is 25.5. The number of Topliss-reactive ketones (excluding diaryl/α,β-unsaturated/α-hetero) is 1. The lowest BCUT2D eigenvalue weighted by Gasteiger charge is -2.11. The second-order valence-electron chi connectivity index (χ2n) is 35.5. The molecule has 144 heavy (non-hydrogen) atoms. The number of thioether (sulfide) groups is 1. The number of aliphatic hydroxyl groups excluding tert-OH is 6. The Bertz CT molecular complexity index is 7870. The highest BCUT2D eigenvalue weighted by molar-refractivity contribution is 7.97. The lowest BCUT2D eigenvalue weighted by Crippen LogP contribution is -2.06. The number of benzene rings is 12. The van der Waals surface area contributed by atoms with Crippen LogP contribution in [0.1, 0.15) is 141 Å². The van der Waals surface area contributed by atoms with Gasteiger partial charge in [-0.1, -0.05) is 162 Å². The zero-order valence-electron chi connectivity index (χ0n) is 82.4. The fraction of sp³-hybridized carbons (Fsp3) is 0.218. The predicted molar refractivity (Wildman–Crippen MR) is 573 cm³/mol. The van der Waals surface area contributed by atoms with E-state index in [9.17, 15) is 73.8 Å². The third kappa shape index (κ3) is 23.3. The second kappa shape index (κ2) is 45.9. The van der Waals surface area contributed by atoms with Crippen LogP contribution in [0.25, 0.3) is 132 Å². The van der Waals surface area contributed by atoms with Crippen LogP contribution in [0, 0.1) is 41.5 Å². The second-order valence-corrected chi connectivity index (χ2v) is 36.4. The van der Waals surface area contributed by atoms with E-state index in [1.807, 2.05) is 115 Å². The Morgan fingerprint density at radius 1 is 0.278 bits per heavy atom. The van der Waals surface area contributed by atoms with E-state index in [1.54, 1.807) is 141 Å². The Morgan fingerprint density at radius 2 is 0.479 bits per heavy atom. The van der Waals surface area contributed by atoms with Gasteiger partial charge < -0.3 is 76.1 Å². The van der Waals surface area contributed by atoms with Crippen LogP contribution < -0.4 is 32.6 Å². The van der Waals surface area contributed by atoms with E-state index in [4.69, 9.17) is 40.7 Å². The van der Waals surface area contributed by atoms with Crippen LogP contribution in [-0.4, -0.2) is 61.7 Å². The van der Waals surface area contributed by atoms with Crippen LogP contribution in [-0.2, 0) is 106 Å². The van der Waals surface area contributed by atoms with Gasteiger partial charge in [-0.15, -0.1) is 0 Å². The molecular weight excluding hydrogens is 1850 g/mol. The standard InChI is InChI=1S/C21H20O4.2C20H18O5.C20H20O3.C19H18O4.C19H18O3S/c1-12(22)7-8-15-9-10-18-19(24)17-6-4-5-16(11-13(2)23)21(17)25-20(18)14(15)3;2*1-11(21)9-14-5-4-6-16-18(23)17-8-7-15(10-24-13(3)22)12(2)19(17)25-20(14)16;1-4-6-14-9-10-17-18(22)16-8-5-7-15(11-12(2)21)20(16)23-19(17)13(14)3;1-11(20)9-13-5-4-6-15-17(21)16-8-7-14(10-22-3)12(2)18(16)23-19(13)15;1-11(20)9-13-5-4-6-15-17(21)16-8-7-14(10-23-3)12(2)18(16)22-19(13)15/h4-6,9-10,23H,2,7-8,11H2,1,3H3;2*4-8,21H,1,9-10H2,2-3H3;5,7-10,21H,2,4,6,11H2,1,3H3;2*4-8,20H,1,9-10H2,2-3H3. The van der Waals surface area contributed by atoms with Gasteiger partial charge in [-0.05, 0) is 207 Å². The summed E-state index contributed by atoms with van der Waals surface area (Å²) in [7, 11) is 1.63. The number of aryl methyl sites for hydroxylation is 8. The molecule has 0 unspecified atom stereocenters. The van der Waals surface area contributed by atoms with Gasteiger partial charge in [-0.25, -0.2) is 0 Å². The molecule has 0 radical (unpaired) electrons. The van der Waals surface area contributed by atoms with Gasteiger partial charge in [0, 0.05) is 105 Å². The summed E-state index contributed by atoms with van der Waals surface area (Å²) in [6.07, 6.45) is 6.57. The van der Waals surface area contributed by atoms with Crippen LogP contribution in [0.4, 0.5) is 0 Å². The molecule has 0 saturated carbocycles. The first-order valence-electron chi connectivity index (χ1n) is 46.5. The van der Waals surface area contributed by atoms with E-state index in [0.717, 1.165) is 102 Å². The molecule has 12 aromatic carbocycles. The minimum atomic E-state index is -0.372. The molecule has 6 N–H and O–H groups in total. The van der Waals surface area contributed by atoms with Gasteiger partial charge in [0.05, 0.1) is 106 Å². The van der Waals surface area contributed by atoms with Gasteiger partial charge in [-0.2, -0.15) is 11.8 Å². The van der Waals surface area contributed by atoms with Crippen LogP contribution in [0.3, 0.4) is 0 Å². The molecule has 0 aliphatic heterocycles. The van der Waals surface area contributed by atoms with Gasteiger partial charge in [0.15, 0.2) is 0 Å². The fourth-order valence-electron chi connectivity index (χ4n) is 17.6. The molecule has 738 valence electrons. The highest BCUT2D eigenvalue weighted by atomic mass is 32.2. The summed E-state index contributed by atoms with van der Waals surface area (Å²) in [5.74, 6) is 0.399. The predicted octanol–water partition coefficient (Wildman–Crippen LogP) is 25.8. The molecule has 18 rings (SSSR count). The number of esters is 2. The Morgan fingerprint density at radius 3 is 0.688 bits per heavy atom. The number of carbonyl (C=O) groups excluding carboxylic acids is 3. The number of methoxy groups -OCH3 is 1. The van der Waals surface area contributed by atoms with E-state index in [-0.39, 0.29) is 137 Å². The number of ketones is 1. The number of aliphatic hydroxyl groups is 6. The molecule has 0 fully saturated rings. The van der Waals surface area contributed by atoms with Crippen molar-refractivity contribution in [1.29, 1.82) is 0 Å². The average molecular weight is 1960 g/mol. The lowest BCUT2D eigenvalue weighted by molar-refractivity contribution is -0.143. The number of carbonyl (C=O) groups is 3. The topological polar surface area (TPSA) is 382 Å². The zero-order chi connectivity index (χ0) is 104. The van der Waals surface area contributed by atoms with Gasteiger partial charge in [-0.3, -0.25) is 38.4 Å². The Labute approximate surface area is 831 Å². The monoisotopic (exact) mass is 1960 g/mol. The molecule has 18 aromatic rings. The highest BCUT2D eigenvalue weighted by Crippen LogP contribution is 2.36. The fourth-order valence-corrected chi connectivity index (χ4v) is 18.2. The quantitative estimate of drug-likeness (QED) is 0.0176. The molecule has 0 amide bonds. The molecule has 0 aliphatic rings. The van der Waals surface area contributed by atoms with E-state index < -0.39 is 0 Å². The van der Waals surface area contributed by atoms with Crippen molar-refractivity contribution in [3.8, 4) is 0 Å². The minimum absolute atomic E-state index is 0.00410.